The van der Waals surface area contributed by atoms with Crippen LogP contribution in [0.1, 0.15) is 28.5 Å². The summed E-state index contributed by atoms with van der Waals surface area (Å²) in [4.78, 5) is 15.9. The van der Waals surface area contributed by atoms with Gasteiger partial charge >= 0.3 is 0 Å². The zero-order valence-corrected chi connectivity index (χ0v) is 14.6. The van der Waals surface area contributed by atoms with E-state index >= 15 is 0 Å². The van der Waals surface area contributed by atoms with Gasteiger partial charge in [0.2, 0.25) is 5.95 Å². The first-order valence-electron chi connectivity index (χ1n) is 8.36. The molecule has 0 aliphatic carbocycles. The Kier molecular flexibility index (Phi) is 5.27. The maximum absolute atomic E-state index is 13.0. The Morgan fingerprint density at radius 2 is 1.62 bits per heavy atom. The lowest BCUT2D eigenvalue weighted by Crippen LogP contribution is -2.14. The number of aromatic nitrogens is 1. The zero-order chi connectivity index (χ0) is 18.5. The van der Waals surface area contributed by atoms with E-state index < -0.39 is 5.95 Å². The summed E-state index contributed by atoms with van der Waals surface area (Å²) in [6.45, 7) is 3.70. The van der Waals surface area contributed by atoms with Gasteiger partial charge in [-0.3, -0.25) is 4.79 Å². The molecule has 0 saturated heterocycles. The van der Waals surface area contributed by atoms with Gasteiger partial charge in [0.25, 0.3) is 5.91 Å². The average Bonchev–Trinajstić information content (AvgIpc) is 2.64. The molecule has 1 N–H and O–H groups in total. The van der Waals surface area contributed by atoms with Crippen LogP contribution in [0.3, 0.4) is 0 Å². The molecule has 0 saturated carbocycles. The normalized spacial score (nSPS) is 10.4. The van der Waals surface area contributed by atoms with E-state index in [-0.39, 0.29) is 5.91 Å². The zero-order valence-electron chi connectivity index (χ0n) is 14.6. The Morgan fingerprint density at radius 1 is 1.00 bits per heavy atom. The fourth-order valence-electron chi connectivity index (χ4n) is 2.50. The van der Waals surface area contributed by atoms with Crippen molar-refractivity contribution in [3.8, 4) is 11.5 Å². The molecule has 26 heavy (non-hydrogen) atoms. The van der Waals surface area contributed by atoms with Crippen LogP contribution in [0.25, 0.3) is 0 Å². The molecule has 5 heteroatoms. The van der Waals surface area contributed by atoms with Crippen molar-refractivity contribution < 1.29 is 13.9 Å². The van der Waals surface area contributed by atoms with Crippen molar-refractivity contribution in [1.29, 1.82) is 0 Å². The topological polar surface area (TPSA) is 51.2 Å². The van der Waals surface area contributed by atoms with E-state index in [0.29, 0.717) is 22.7 Å². The Morgan fingerprint density at radius 3 is 2.19 bits per heavy atom. The molecule has 0 spiro atoms. The van der Waals surface area contributed by atoms with Crippen LogP contribution in [0.5, 0.6) is 11.5 Å². The lowest BCUT2D eigenvalue weighted by atomic mass is 10.2. The van der Waals surface area contributed by atoms with Crippen LogP contribution in [-0.2, 0) is 6.42 Å². The van der Waals surface area contributed by atoms with Crippen LogP contribution >= 0.6 is 0 Å². The van der Waals surface area contributed by atoms with E-state index in [1.807, 2.05) is 24.3 Å². The van der Waals surface area contributed by atoms with E-state index in [4.69, 9.17) is 4.74 Å². The predicted octanol–water partition coefficient (Wildman–Crippen LogP) is 5.14. The first-order chi connectivity index (χ1) is 12.5. The maximum Gasteiger partial charge on any atom is 0.257 e. The molecule has 0 radical (unpaired) electrons. The van der Waals surface area contributed by atoms with Crippen LogP contribution in [0.2, 0.25) is 0 Å². The summed E-state index contributed by atoms with van der Waals surface area (Å²) in [5.74, 6) is 0.491. The summed E-state index contributed by atoms with van der Waals surface area (Å²) in [5.41, 5.74) is 2.55. The number of nitrogens with zero attached hydrogens (tertiary/aromatic N) is 1. The molecule has 3 aromatic rings. The first-order valence-corrected chi connectivity index (χ1v) is 8.36. The number of aryl methyl sites for hydroxylation is 2. The van der Waals surface area contributed by atoms with E-state index in [1.54, 1.807) is 31.2 Å². The summed E-state index contributed by atoms with van der Waals surface area (Å²) in [7, 11) is 0. The highest BCUT2D eigenvalue weighted by molar-refractivity contribution is 6.04. The molecule has 3 rings (SSSR count). The van der Waals surface area contributed by atoms with Crippen LogP contribution in [0.4, 0.5) is 10.1 Å². The van der Waals surface area contributed by atoms with Gasteiger partial charge in [-0.2, -0.15) is 4.39 Å². The van der Waals surface area contributed by atoms with E-state index in [1.165, 1.54) is 17.7 Å². The highest BCUT2D eigenvalue weighted by atomic mass is 19.1. The largest absolute Gasteiger partial charge is 0.457 e. The molecule has 0 unspecified atom stereocenters. The molecule has 1 aromatic heterocycles. The summed E-state index contributed by atoms with van der Waals surface area (Å²) < 4.78 is 18.8. The van der Waals surface area contributed by atoms with Crippen molar-refractivity contribution in [2.45, 2.75) is 20.3 Å². The molecule has 0 bridgehead atoms. The SMILES string of the molecule is CCc1ccc(Oc2ccc(NC(=O)c3ccc(F)nc3C)cc2)cc1. The van der Waals surface area contributed by atoms with Gasteiger partial charge in [0, 0.05) is 5.69 Å². The number of hydrogen-bond acceptors (Lipinski definition) is 3. The number of halogens is 1. The molecular formula is C21H19FN2O2. The third kappa shape index (κ3) is 4.25. The number of nitrogens with one attached hydrogen (secondary N) is 1. The fourth-order valence-corrected chi connectivity index (χ4v) is 2.50. The van der Waals surface area contributed by atoms with Gasteiger partial charge in [-0.05, 0) is 67.4 Å². The quantitative estimate of drug-likeness (QED) is 0.649. The minimum Gasteiger partial charge on any atom is -0.457 e. The Hall–Kier alpha value is -3.21. The third-order valence-corrected chi connectivity index (χ3v) is 3.98. The number of pyridine rings is 1. The van der Waals surface area contributed by atoms with Crippen molar-refractivity contribution in [2.24, 2.45) is 0 Å². The van der Waals surface area contributed by atoms with Gasteiger partial charge in [0.05, 0.1) is 11.3 Å². The number of rotatable bonds is 5. The smallest absolute Gasteiger partial charge is 0.257 e. The van der Waals surface area contributed by atoms with Crippen molar-refractivity contribution >= 4 is 11.6 Å². The average molecular weight is 350 g/mol. The van der Waals surface area contributed by atoms with Crippen LogP contribution in [-0.4, -0.2) is 10.9 Å². The molecule has 0 atom stereocenters. The monoisotopic (exact) mass is 350 g/mol. The van der Waals surface area contributed by atoms with E-state index in [0.717, 1.165) is 12.2 Å². The highest BCUT2D eigenvalue weighted by Crippen LogP contribution is 2.24. The molecule has 1 amide bonds. The van der Waals surface area contributed by atoms with Gasteiger partial charge < -0.3 is 10.1 Å². The second kappa shape index (κ2) is 7.78. The predicted molar refractivity (Wildman–Crippen MR) is 99.2 cm³/mol. The number of carbonyl (C=O) groups excluding carboxylic acids is 1. The van der Waals surface area contributed by atoms with Crippen molar-refractivity contribution in [3.63, 3.8) is 0 Å². The van der Waals surface area contributed by atoms with Gasteiger partial charge in [-0.25, -0.2) is 4.98 Å². The number of anilines is 1. The van der Waals surface area contributed by atoms with E-state index in [9.17, 15) is 9.18 Å². The maximum atomic E-state index is 13.0. The van der Waals surface area contributed by atoms with Crippen LogP contribution < -0.4 is 10.1 Å². The molecule has 4 nitrogen and oxygen atoms in total. The molecule has 0 aliphatic rings. The molecule has 0 aliphatic heterocycles. The van der Waals surface area contributed by atoms with Crippen molar-refractivity contribution in [3.05, 3.63) is 83.4 Å². The van der Waals surface area contributed by atoms with Crippen molar-refractivity contribution in [1.82, 2.24) is 4.98 Å². The van der Waals surface area contributed by atoms with Gasteiger partial charge in [-0.15, -0.1) is 0 Å². The summed E-state index contributed by atoms with van der Waals surface area (Å²) in [6.07, 6.45) is 0.984. The summed E-state index contributed by atoms with van der Waals surface area (Å²) in [5, 5.41) is 2.77. The van der Waals surface area contributed by atoms with Gasteiger partial charge in [0.15, 0.2) is 0 Å². The number of ether oxygens (including phenoxy) is 1. The van der Waals surface area contributed by atoms with Gasteiger partial charge in [-0.1, -0.05) is 19.1 Å². The molecule has 2 aromatic carbocycles. The van der Waals surface area contributed by atoms with Crippen LogP contribution in [0, 0.1) is 12.9 Å². The molecular weight excluding hydrogens is 331 g/mol. The molecule has 132 valence electrons. The van der Waals surface area contributed by atoms with Gasteiger partial charge in [0.1, 0.15) is 11.5 Å². The summed E-state index contributed by atoms with van der Waals surface area (Å²) >= 11 is 0. The number of carbonyl (C=O) groups is 1. The van der Waals surface area contributed by atoms with E-state index in [2.05, 4.69) is 17.2 Å². The van der Waals surface area contributed by atoms with Crippen LogP contribution in [0.15, 0.2) is 60.7 Å². The number of amides is 1. The van der Waals surface area contributed by atoms with Crippen molar-refractivity contribution in [2.75, 3.05) is 5.32 Å². The Labute approximate surface area is 151 Å². The second-order valence-corrected chi connectivity index (χ2v) is 5.85. The second-order valence-electron chi connectivity index (χ2n) is 5.85. The first kappa shape index (κ1) is 17.6. The Bertz CT molecular complexity index is 906. The fraction of sp³-hybridized carbons (Fsp3) is 0.143. The standard InChI is InChI=1S/C21H19FN2O2/c1-3-15-4-8-17(9-5-15)26-18-10-6-16(7-11-18)24-21(25)19-12-13-20(22)23-14(19)2/h4-13H,3H2,1-2H3,(H,24,25). The summed E-state index contributed by atoms with van der Waals surface area (Å²) in [6, 6.07) is 17.6. The number of hydrogen-bond donors (Lipinski definition) is 1. The Balaban J connectivity index is 1.66. The molecule has 0 fully saturated rings. The highest BCUT2D eigenvalue weighted by Gasteiger charge is 2.11. The lowest BCUT2D eigenvalue weighted by Gasteiger charge is -2.09. The molecule has 1 heterocycles. The minimum absolute atomic E-state index is 0.334. The number of benzene rings is 2. The third-order valence-electron chi connectivity index (χ3n) is 3.98. The minimum atomic E-state index is -0.604. The lowest BCUT2D eigenvalue weighted by molar-refractivity contribution is 0.102.